The summed E-state index contributed by atoms with van der Waals surface area (Å²) in [5.41, 5.74) is 5.12. The van der Waals surface area contributed by atoms with Crippen LogP contribution in [0.5, 0.6) is 5.75 Å². The van der Waals surface area contributed by atoms with Crippen LogP contribution in [0.4, 0.5) is 4.79 Å². The minimum Gasteiger partial charge on any atom is -0.496 e. The first-order valence-corrected chi connectivity index (χ1v) is 7.92. The molecule has 1 aromatic rings. The van der Waals surface area contributed by atoms with Gasteiger partial charge in [0.2, 0.25) is 0 Å². The molecular weight excluding hydrogens is 294 g/mol. The number of ether oxygens (including phenoxy) is 2. The van der Waals surface area contributed by atoms with Crippen molar-refractivity contribution in [3.63, 3.8) is 0 Å². The molecule has 128 valence electrons. The molecule has 0 bridgehead atoms. The molecule has 1 rings (SSSR count). The van der Waals surface area contributed by atoms with E-state index >= 15 is 0 Å². The van der Waals surface area contributed by atoms with Gasteiger partial charge in [0.15, 0.2) is 0 Å². The molecule has 0 heterocycles. The van der Waals surface area contributed by atoms with Gasteiger partial charge in [-0.25, -0.2) is 10.2 Å². The van der Waals surface area contributed by atoms with E-state index in [4.69, 9.17) is 9.47 Å². The highest BCUT2D eigenvalue weighted by Gasteiger charge is 2.10. The lowest BCUT2D eigenvalue weighted by atomic mass is 10.1. The number of nitrogens with one attached hydrogen (secondary N) is 1. The third kappa shape index (κ3) is 5.90. The van der Waals surface area contributed by atoms with Gasteiger partial charge in [0.05, 0.1) is 19.4 Å². The van der Waals surface area contributed by atoms with Crippen molar-refractivity contribution in [3.8, 4) is 5.75 Å². The van der Waals surface area contributed by atoms with Gasteiger partial charge >= 0.3 is 6.09 Å². The summed E-state index contributed by atoms with van der Waals surface area (Å²) in [6, 6.07) is 5.90. The molecule has 0 aromatic heterocycles. The van der Waals surface area contributed by atoms with E-state index in [1.807, 2.05) is 25.1 Å². The quantitative estimate of drug-likeness (QED) is 0.590. The van der Waals surface area contributed by atoms with Crippen molar-refractivity contribution in [1.29, 1.82) is 0 Å². The van der Waals surface area contributed by atoms with Crippen LogP contribution in [0.25, 0.3) is 0 Å². The standard InChI is InChI=1S/C17H27N3O3/c1-6-20(7-2)12-15-11-14(9-10-16(15)22-5)13(4)18-19-17(21)23-8-3/h9-11H,6-8,12H2,1-5H3,(H,19,21)/b18-13-. The number of hydrogen-bond donors (Lipinski definition) is 1. The first kappa shape index (κ1) is 19.0. The minimum absolute atomic E-state index is 0.316. The predicted molar refractivity (Wildman–Crippen MR) is 92.0 cm³/mol. The topological polar surface area (TPSA) is 63.2 Å². The second-order valence-corrected chi connectivity index (χ2v) is 5.02. The molecule has 1 aromatic carbocycles. The lowest BCUT2D eigenvalue weighted by Crippen LogP contribution is -2.23. The van der Waals surface area contributed by atoms with E-state index in [0.29, 0.717) is 12.3 Å². The smallest absolute Gasteiger partial charge is 0.427 e. The van der Waals surface area contributed by atoms with Gasteiger partial charge in [0, 0.05) is 12.1 Å². The number of methoxy groups -OCH3 is 1. The van der Waals surface area contributed by atoms with Crippen molar-refractivity contribution >= 4 is 11.8 Å². The van der Waals surface area contributed by atoms with Crippen LogP contribution in [-0.2, 0) is 11.3 Å². The van der Waals surface area contributed by atoms with Gasteiger partial charge in [-0.3, -0.25) is 4.90 Å². The molecule has 1 N–H and O–H groups in total. The Bertz CT molecular complexity index is 540. The third-order valence-corrected chi connectivity index (χ3v) is 3.58. The SMILES string of the molecule is CCOC(=O)N/N=C(/C)c1ccc(OC)c(CN(CC)CC)c1. The Hall–Kier alpha value is -2.08. The molecule has 1 amide bonds. The molecule has 0 spiro atoms. The van der Waals surface area contributed by atoms with Crippen molar-refractivity contribution in [2.45, 2.75) is 34.2 Å². The lowest BCUT2D eigenvalue weighted by Gasteiger charge is -2.20. The van der Waals surface area contributed by atoms with Gasteiger partial charge in [0.1, 0.15) is 5.75 Å². The summed E-state index contributed by atoms with van der Waals surface area (Å²) in [6.07, 6.45) is -0.552. The third-order valence-electron chi connectivity index (χ3n) is 3.58. The highest BCUT2D eigenvalue weighted by Crippen LogP contribution is 2.22. The van der Waals surface area contributed by atoms with Gasteiger partial charge in [-0.05, 0) is 50.7 Å². The monoisotopic (exact) mass is 321 g/mol. The van der Waals surface area contributed by atoms with E-state index in [2.05, 4.69) is 29.3 Å². The van der Waals surface area contributed by atoms with Crippen LogP contribution < -0.4 is 10.2 Å². The summed E-state index contributed by atoms with van der Waals surface area (Å²) in [4.78, 5) is 13.6. The van der Waals surface area contributed by atoms with Crippen LogP contribution in [-0.4, -0.2) is 43.5 Å². The van der Waals surface area contributed by atoms with E-state index in [9.17, 15) is 4.79 Å². The highest BCUT2D eigenvalue weighted by molar-refractivity contribution is 5.99. The number of rotatable bonds is 8. The number of hydrazone groups is 1. The molecule has 6 nitrogen and oxygen atoms in total. The summed E-state index contributed by atoms with van der Waals surface area (Å²) in [6.45, 7) is 10.9. The Morgan fingerprint density at radius 2 is 1.96 bits per heavy atom. The molecule has 0 atom stereocenters. The number of benzene rings is 1. The zero-order chi connectivity index (χ0) is 17.2. The number of hydrogen-bond acceptors (Lipinski definition) is 5. The van der Waals surface area contributed by atoms with Crippen LogP contribution in [0.15, 0.2) is 23.3 Å². The molecule has 0 fully saturated rings. The molecule has 0 aliphatic carbocycles. The number of carbonyl (C=O) groups is 1. The van der Waals surface area contributed by atoms with Crippen molar-refractivity contribution in [2.24, 2.45) is 5.10 Å². The maximum atomic E-state index is 11.3. The number of amides is 1. The van der Waals surface area contributed by atoms with Gasteiger partial charge in [-0.2, -0.15) is 5.10 Å². The maximum absolute atomic E-state index is 11.3. The summed E-state index contributed by atoms with van der Waals surface area (Å²) in [5, 5.41) is 4.07. The minimum atomic E-state index is -0.552. The molecule has 0 aliphatic heterocycles. The molecule has 0 saturated heterocycles. The van der Waals surface area contributed by atoms with Gasteiger partial charge < -0.3 is 9.47 Å². The zero-order valence-electron chi connectivity index (χ0n) is 14.7. The van der Waals surface area contributed by atoms with E-state index in [1.165, 1.54) is 0 Å². The summed E-state index contributed by atoms with van der Waals surface area (Å²) >= 11 is 0. The number of nitrogens with zero attached hydrogens (tertiary/aromatic N) is 2. The fourth-order valence-electron chi connectivity index (χ4n) is 2.17. The summed E-state index contributed by atoms with van der Waals surface area (Å²) < 4.78 is 10.2. The van der Waals surface area contributed by atoms with E-state index < -0.39 is 6.09 Å². The summed E-state index contributed by atoms with van der Waals surface area (Å²) in [5.74, 6) is 0.854. The normalized spacial score (nSPS) is 11.5. The van der Waals surface area contributed by atoms with E-state index in [0.717, 1.165) is 36.5 Å². The molecule has 0 unspecified atom stereocenters. The van der Waals surface area contributed by atoms with Crippen LogP contribution in [0, 0.1) is 0 Å². The van der Waals surface area contributed by atoms with Crippen LogP contribution in [0.2, 0.25) is 0 Å². The average Bonchev–Trinajstić information content (AvgIpc) is 2.57. The van der Waals surface area contributed by atoms with Gasteiger partial charge in [0.25, 0.3) is 0 Å². The number of carbonyl (C=O) groups excluding carboxylic acids is 1. The Morgan fingerprint density at radius 1 is 1.26 bits per heavy atom. The highest BCUT2D eigenvalue weighted by atomic mass is 16.5. The average molecular weight is 321 g/mol. The largest absolute Gasteiger partial charge is 0.496 e. The van der Waals surface area contributed by atoms with Crippen molar-refractivity contribution < 1.29 is 14.3 Å². The van der Waals surface area contributed by atoms with Gasteiger partial charge in [-0.15, -0.1) is 0 Å². The predicted octanol–water partition coefficient (Wildman–Crippen LogP) is 3.01. The fraction of sp³-hybridized carbons (Fsp3) is 0.529. The van der Waals surface area contributed by atoms with Crippen LogP contribution in [0.3, 0.4) is 0 Å². The molecule has 23 heavy (non-hydrogen) atoms. The second-order valence-electron chi connectivity index (χ2n) is 5.02. The Balaban J connectivity index is 2.95. The first-order valence-electron chi connectivity index (χ1n) is 7.92. The van der Waals surface area contributed by atoms with Gasteiger partial charge in [-0.1, -0.05) is 13.8 Å². The van der Waals surface area contributed by atoms with Crippen molar-refractivity contribution in [1.82, 2.24) is 10.3 Å². The van der Waals surface area contributed by atoms with Crippen molar-refractivity contribution in [2.75, 3.05) is 26.8 Å². The molecular formula is C17H27N3O3. The van der Waals surface area contributed by atoms with Crippen molar-refractivity contribution in [3.05, 3.63) is 29.3 Å². The van der Waals surface area contributed by atoms with Crippen LogP contribution in [0.1, 0.15) is 38.8 Å². The Morgan fingerprint density at radius 3 is 2.52 bits per heavy atom. The lowest BCUT2D eigenvalue weighted by molar-refractivity contribution is 0.152. The second kappa shape index (κ2) is 9.84. The zero-order valence-corrected chi connectivity index (χ0v) is 14.7. The summed E-state index contributed by atoms with van der Waals surface area (Å²) in [7, 11) is 1.67. The Kier molecular flexibility index (Phi) is 8.11. The van der Waals surface area contributed by atoms with E-state index in [-0.39, 0.29) is 0 Å². The fourth-order valence-corrected chi connectivity index (χ4v) is 2.17. The molecule has 0 saturated carbocycles. The molecule has 0 aliphatic rings. The van der Waals surface area contributed by atoms with E-state index in [1.54, 1.807) is 14.0 Å². The molecule has 6 heteroatoms. The maximum Gasteiger partial charge on any atom is 0.427 e. The first-order chi connectivity index (χ1) is 11.0. The van der Waals surface area contributed by atoms with Crippen LogP contribution >= 0.6 is 0 Å². The molecule has 0 radical (unpaired) electrons. The Labute approximate surface area is 138 Å².